The summed E-state index contributed by atoms with van der Waals surface area (Å²) in [4.78, 5) is 12.7. The Balaban J connectivity index is 1.49. The van der Waals surface area contributed by atoms with Crippen LogP contribution in [0, 0.1) is 20.8 Å². The van der Waals surface area contributed by atoms with Crippen molar-refractivity contribution in [1.29, 1.82) is 0 Å². The minimum Gasteiger partial charge on any atom is -0.337 e. The van der Waals surface area contributed by atoms with Gasteiger partial charge in [-0.25, -0.2) is 14.7 Å². The fourth-order valence-electron chi connectivity index (χ4n) is 5.46. The third kappa shape index (κ3) is 4.05. The smallest absolute Gasteiger partial charge is 0.179 e. The maximum Gasteiger partial charge on any atom is 0.179 e. The molecular weight excluding hydrogens is 560 g/mol. The van der Waals surface area contributed by atoms with Crippen LogP contribution in [0.4, 0.5) is 22.9 Å². The zero-order valence-electron chi connectivity index (χ0n) is 22.4. The highest BCUT2D eigenvalue weighted by molar-refractivity contribution is 9.10. The first-order chi connectivity index (χ1) is 19.5. The standard InChI is InChI=1S/C33H27BrN6/c1-20-13-18-25(19-21(20)2)35-31-33-37-32-29(22(3)38-40(32)26-9-5-4-6-10-26)30(23-14-16-24(34)17-15-23)39(33)28-12-8-7-11-27(28)36-31/h4-19,30H,1-3H3,(H,35,36)/t30-/m0/s1. The third-order valence-corrected chi connectivity index (χ3v) is 8.12. The number of rotatable bonds is 3. The number of hydrogen-bond donors (Lipinski definition) is 1. The van der Waals surface area contributed by atoms with Crippen LogP contribution in [0.5, 0.6) is 0 Å². The summed E-state index contributed by atoms with van der Waals surface area (Å²) in [5.74, 6) is 2.28. The number of nitrogens with one attached hydrogen (secondary N) is 1. The Bertz CT molecular complexity index is 1820. The normalized spacial score (nSPS) is 15.5. The van der Waals surface area contributed by atoms with Crippen molar-refractivity contribution < 1.29 is 0 Å². The van der Waals surface area contributed by atoms with Gasteiger partial charge in [-0.15, -0.1) is 0 Å². The lowest BCUT2D eigenvalue weighted by Crippen LogP contribution is -2.46. The first kappa shape index (κ1) is 24.5. The molecule has 5 aromatic rings. The molecule has 7 rings (SSSR count). The Morgan fingerprint density at radius 2 is 1.52 bits per heavy atom. The Labute approximate surface area is 241 Å². The second kappa shape index (κ2) is 9.61. The fourth-order valence-corrected chi connectivity index (χ4v) is 5.73. The highest BCUT2D eigenvalue weighted by atomic mass is 79.9. The van der Waals surface area contributed by atoms with Gasteiger partial charge < -0.3 is 10.2 Å². The number of para-hydroxylation sites is 3. The molecule has 0 bridgehead atoms. The van der Waals surface area contributed by atoms with Crippen molar-refractivity contribution in [1.82, 2.24) is 9.78 Å². The van der Waals surface area contributed by atoms with Gasteiger partial charge in [0.25, 0.3) is 0 Å². The molecule has 0 aliphatic carbocycles. The molecule has 0 fully saturated rings. The van der Waals surface area contributed by atoms with Gasteiger partial charge in [-0.3, -0.25) is 0 Å². The highest BCUT2D eigenvalue weighted by Gasteiger charge is 2.41. The van der Waals surface area contributed by atoms with E-state index in [1.54, 1.807) is 0 Å². The maximum absolute atomic E-state index is 5.31. The molecule has 1 atom stereocenters. The van der Waals surface area contributed by atoms with Crippen LogP contribution in [0.25, 0.3) is 5.69 Å². The van der Waals surface area contributed by atoms with Crippen LogP contribution in [-0.4, -0.2) is 21.5 Å². The molecule has 2 aliphatic rings. The van der Waals surface area contributed by atoms with Gasteiger partial charge in [-0.2, -0.15) is 5.10 Å². The molecule has 0 amide bonds. The van der Waals surface area contributed by atoms with Crippen molar-refractivity contribution in [3.05, 3.63) is 129 Å². The number of aliphatic imine (C=N–C) groups is 2. The van der Waals surface area contributed by atoms with Crippen LogP contribution in [0.1, 0.15) is 34.0 Å². The van der Waals surface area contributed by atoms with Crippen molar-refractivity contribution >= 4 is 50.5 Å². The number of amidine groups is 2. The van der Waals surface area contributed by atoms with Crippen molar-refractivity contribution in [3.8, 4) is 5.69 Å². The summed E-state index contributed by atoms with van der Waals surface area (Å²) in [6, 6.07) is 33.2. The minimum absolute atomic E-state index is 0.152. The Kier molecular flexibility index (Phi) is 5.90. The first-order valence-corrected chi connectivity index (χ1v) is 14.1. The summed E-state index contributed by atoms with van der Waals surface area (Å²) < 4.78 is 2.99. The zero-order valence-corrected chi connectivity index (χ0v) is 24.0. The number of anilines is 2. The summed E-state index contributed by atoms with van der Waals surface area (Å²) in [6.07, 6.45) is 0. The van der Waals surface area contributed by atoms with Crippen molar-refractivity contribution in [3.63, 3.8) is 0 Å². The fraction of sp³-hybridized carbons (Fsp3) is 0.121. The van der Waals surface area contributed by atoms with Gasteiger partial charge in [-0.1, -0.05) is 64.5 Å². The van der Waals surface area contributed by atoms with E-state index in [0.29, 0.717) is 5.84 Å². The summed E-state index contributed by atoms with van der Waals surface area (Å²) in [5, 5.41) is 8.62. The van der Waals surface area contributed by atoms with Gasteiger partial charge in [0.05, 0.1) is 28.8 Å². The molecular formula is C33H27BrN6. The zero-order chi connectivity index (χ0) is 27.4. The van der Waals surface area contributed by atoms with E-state index in [0.717, 1.165) is 55.7 Å². The Hall–Kier alpha value is -4.49. The van der Waals surface area contributed by atoms with E-state index in [1.165, 1.54) is 11.1 Å². The number of fused-ring (bicyclic) bond motifs is 4. The number of nitrogens with zero attached hydrogens (tertiary/aromatic N) is 5. The monoisotopic (exact) mass is 586 g/mol. The van der Waals surface area contributed by atoms with E-state index in [2.05, 4.69) is 120 Å². The second-order valence-electron chi connectivity index (χ2n) is 10.2. The van der Waals surface area contributed by atoms with Crippen LogP contribution < -0.4 is 10.2 Å². The largest absolute Gasteiger partial charge is 0.337 e. The average molecular weight is 588 g/mol. The van der Waals surface area contributed by atoms with E-state index in [9.17, 15) is 0 Å². The Morgan fingerprint density at radius 1 is 0.775 bits per heavy atom. The van der Waals surface area contributed by atoms with E-state index in [-0.39, 0.29) is 6.04 Å². The molecule has 0 saturated carbocycles. The van der Waals surface area contributed by atoms with Crippen LogP contribution in [0.15, 0.2) is 112 Å². The maximum atomic E-state index is 5.31. The molecule has 7 heteroatoms. The number of hydrogen-bond acceptors (Lipinski definition) is 5. The quantitative estimate of drug-likeness (QED) is 0.231. The highest BCUT2D eigenvalue weighted by Crippen LogP contribution is 2.48. The van der Waals surface area contributed by atoms with Crippen LogP contribution in [-0.2, 0) is 0 Å². The van der Waals surface area contributed by atoms with Crippen LogP contribution in [0.3, 0.4) is 0 Å². The van der Waals surface area contributed by atoms with Crippen molar-refractivity contribution in [2.75, 3.05) is 10.2 Å². The minimum atomic E-state index is -0.152. The van der Waals surface area contributed by atoms with E-state index < -0.39 is 0 Å². The predicted molar refractivity (Wildman–Crippen MR) is 167 cm³/mol. The van der Waals surface area contributed by atoms with Crippen LogP contribution in [0.2, 0.25) is 0 Å². The summed E-state index contributed by atoms with van der Waals surface area (Å²) in [6.45, 7) is 6.32. The second-order valence-corrected chi connectivity index (χ2v) is 11.1. The van der Waals surface area contributed by atoms with Crippen molar-refractivity contribution in [2.24, 2.45) is 9.98 Å². The first-order valence-electron chi connectivity index (χ1n) is 13.3. The number of aryl methyl sites for hydroxylation is 3. The summed E-state index contributed by atoms with van der Waals surface area (Å²) in [5.41, 5.74) is 9.49. The van der Waals surface area contributed by atoms with Gasteiger partial charge in [0.2, 0.25) is 0 Å². The lowest BCUT2D eigenvalue weighted by molar-refractivity contribution is 0.815. The van der Waals surface area contributed by atoms with Crippen molar-refractivity contribution in [2.45, 2.75) is 26.8 Å². The molecule has 2 aliphatic heterocycles. The molecule has 0 saturated heterocycles. The number of aromatic nitrogens is 2. The molecule has 196 valence electrons. The molecule has 1 aromatic heterocycles. The third-order valence-electron chi connectivity index (χ3n) is 7.59. The molecule has 40 heavy (non-hydrogen) atoms. The lowest BCUT2D eigenvalue weighted by Gasteiger charge is -2.40. The SMILES string of the molecule is Cc1ccc(NC2=Nc3ccccc3N3C2=Nc2c(c(C)nn2-c2ccccc2)[C@@H]3c2ccc(Br)cc2)cc1C. The topological polar surface area (TPSA) is 57.8 Å². The molecule has 6 nitrogen and oxygen atoms in total. The predicted octanol–water partition coefficient (Wildman–Crippen LogP) is 8.36. The molecule has 3 heterocycles. The van der Waals surface area contributed by atoms with E-state index >= 15 is 0 Å². The molecule has 4 aromatic carbocycles. The molecule has 0 spiro atoms. The van der Waals surface area contributed by atoms with E-state index in [1.807, 2.05) is 28.9 Å². The summed E-state index contributed by atoms with van der Waals surface area (Å²) in [7, 11) is 0. The van der Waals surface area contributed by atoms with Crippen LogP contribution >= 0.6 is 15.9 Å². The average Bonchev–Trinajstić information content (AvgIpc) is 3.31. The van der Waals surface area contributed by atoms with Gasteiger partial charge >= 0.3 is 0 Å². The summed E-state index contributed by atoms with van der Waals surface area (Å²) >= 11 is 3.62. The number of halogens is 1. The molecule has 1 N–H and O–H groups in total. The van der Waals surface area contributed by atoms with E-state index in [4.69, 9.17) is 15.1 Å². The van der Waals surface area contributed by atoms with Gasteiger partial charge in [0.15, 0.2) is 17.5 Å². The van der Waals surface area contributed by atoms with Gasteiger partial charge in [0, 0.05) is 15.7 Å². The Morgan fingerprint density at radius 3 is 2.30 bits per heavy atom. The van der Waals surface area contributed by atoms with Gasteiger partial charge in [-0.05, 0) is 86.0 Å². The lowest BCUT2D eigenvalue weighted by atomic mass is 9.93. The van der Waals surface area contributed by atoms with Gasteiger partial charge in [0.1, 0.15) is 0 Å². The number of benzene rings is 4. The molecule has 0 radical (unpaired) electrons. The molecule has 0 unspecified atom stereocenters.